The lowest BCUT2D eigenvalue weighted by Gasteiger charge is -2.13. The third-order valence-corrected chi connectivity index (χ3v) is 3.99. The van der Waals surface area contributed by atoms with Crippen molar-refractivity contribution in [1.82, 2.24) is 4.98 Å². The summed E-state index contributed by atoms with van der Waals surface area (Å²) in [6.07, 6.45) is 0.328. The van der Waals surface area contributed by atoms with E-state index in [0.29, 0.717) is 36.6 Å². The molecule has 0 saturated carbocycles. The van der Waals surface area contributed by atoms with Crippen molar-refractivity contribution in [2.75, 3.05) is 6.61 Å². The molecule has 136 valence electrons. The van der Waals surface area contributed by atoms with E-state index in [1.165, 1.54) is 0 Å². The number of aromatic nitrogens is 1. The van der Waals surface area contributed by atoms with Crippen molar-refractivity contribution >= 4 is 0 Å². The van der Waals surface area contributed by atoms with E-state index in [1.54, 1.807) is 6.07 Å². The molecule has 0 spiro atoms. The Bertz CT molecular complexity index is 906. The number of hydrogen-bond donors (Lipinski definition) is 1. The van der Waals surface area contributed by atoms with Crippen LogP contribution < -0.4 is 9.47 Å². The highest BCUT2D eigenvalue weighted by molar-refractivity contribution is 5.47. The van der Waals surface area contributed by atoms with Crippen molar-refractivity contribution in [3.05, 3.63) is 89.0 Å². The fourth-order valence-electron chi connectivity index (χ4n) is 2.62. The number of nitriles is 1. The number of ether oxygens (including phenoxy) is 2. The van der Waals surface area contributed by atoms with Crippen molar-refractivity contribution in [3.63, 3.8) is 0 Å². The Morgan fingerprint density at radius 3 is 2.04 bits per heavy atom. The zero-order valence-corrected chi connectivity index (χ0v) is 14.8. The minimum absolute atomic E-state index is 0.0745. The zero-order valence-electron chi connectivity index (χ0n) is 14.8. The van der Waals surface area contributed by atoms with E-state index < -0.39 is 0 Å². The van der Waals surface area contributed by atoms with E-state index in [0.717, 1.165) is 11.1 Å². The minimum atomic E-state index is -0.0745. The standard InChI is InChI=1S/C22H20N2O3/c23-14-20-19(11-12-25)13-21(26-15-17-7-3-1-4-8-17)24-22(20)27-16-18-9-5-2-6-10-18/h1-10,13,25H,11-12,15-16H2. The molecule has 3 rings (SSSR count). The first-order valence-corrected chi connectivity index (χ1v) is 8.68. The highest BCUT2D eigenvalue weighted by atomic mass is 16.5. The van der Waals surface area contributed by atoms with Crippen LogP contribution in [-0.4, -0.2) is 16.7 Å². The number of aliphatic hydroxyl groups excluding tert-OH is 1. The molecule has 0 aliphatic carbocycles. The molecule has 5 heteroatoms. The van der Waals surface area contributed by atoms with Crippen LogP contribution in [-0.2, 0) is 19.6 Å². The van der Waals surface area contributed by atoms with Crippen LogP contribution in [0.25, 0.3) is 0 Å². The molecule has 0 radical (unpaired) electrons. The Balaban J connectivity index is 1.83. The first-order chi connectivity index (χ1) is 13.3. The molecule has 0 fully saturated rings. The predicted octanol–water partition coefficient (Wildman–Crippen LogP) is 3.65. The van der Waals surface area contributed by atoms with Gasteiger partial charge in [-0.3, -0.25) is 0 Å². The summed E-state index contributed by atoms with van der Waals surface area (Å²) in [4.78, 5) is 4.37. The first kappa shape index (κ1) is 18.4. The quantitative estimate of drug-likeness (QED) is 0.664. The molecule has 0 bridgehead atoms. The number of aliphatic hydroxyl groups is 1. The average molecular weight is 360 g/mol. The summed E-state index contributed by atoms with van der Waals surface area (Å²) in [5, 5.41) is 18.9. The molecule has 0 unspecified atom stereocenters. The van der Waals surface area contributed by atoms with Crippen molar-refractivity contribution in [2.45, 2.75) is 19.6 Å². The van der Waals surface area contributed by atoms with Gasteiger partial charge in [-0.05, 0) is 23.1 Å². The SMILES string of the molecule is N#Cc1c(CCO)cc(OCc2ccccc2)nc1OCc1ccccc1. The van der Waals surface area contributed by atoms with Crippen molar-refractivity contribution in [1.29, 1.82) is 5.26 Å². The third kappa shape index (κ3) is 5.06. The van der Waals surface area contributed by atoms with Gasteiger partial charge < -0.3 is 14.6 Å². The van der Waals surface area contributed by atoms with Gasteiger partial charge >= 0.3 is 0 Å². The first-order valence-electron chi connectivity index (χ1n) is 8.68. The Morgan fingerprint density at radius 2 is 1.48 bits per heavy atom. The third-order valence-electron chi connectivity index (χ3n) is 3.99. The van der Waals surface area contributed by atoms with Gasteiger partial charge in [-0.15, -0.1) is 0 Å². The van der Waals surface area contributed by atoms with Crippen molar-refractivity contribution < 1.29 is 14.6 Å². The molecular formula is C22H20N2O3. The largest absolute Gasteiger partial charge is 0.473 e. The average Bonchev–Trinajstić information content (AvgIpc) is 2.72. The zero-order chi connectivity index (χ0) is 18.9. The second-order valence-electron chi connectivity index (χ2n) is 5.93. The van der Waals surface area contributed by atoms with Gasteiger partial charge in [0.15, 0.2) is 0 Å². The van der Waals surface area contributed by atoms with E-state index in [2.05, 4.69) is 11.1 Å². The van der Waals surface area contributed by atoms with E-state index in [-0.39, 0.29) is 12.5 Å². The summed E-state index contributed by atoms with van der Waals surface area (Å²) < 4.78 is 11.6. The lowest BCUT2D eigenvalue weighted by molar-refractivity contribution is 0.265. The summed E-state index contributed by atoms with van der Waals surface area (Å²) in [6, 6.07) is 23.2. The molecule has 5 nitrogen and oxygen atoms in total. The summed E-state index contributed by atoms with van der Waals surface area (Å²) in [5.41, 5.74) is 2.97. The van der Waals surface area contributed by atoms with Crippen LogP contribution >= 0.6 is 0 Å². The normalized spacial score (nSPS) is 10.2. The minimum Gasteiger partial charge on any atom is -0.473 e. The van der Waals surface area contributed by atoms with Gasteiger partial charge in [0.2, 0.25) is 11.8 Å². The maximum atomic E-state index is 9.53. The smallest absolute Gasteiger partial charge is 0.235 e. The topological polar surface area (TPSA) is 75.4 Å². The summed E-state index contributed by atoms with van der Waals surface area (Å²) in [5.74, 6) is 0.583. The number of benzene rings is 2. The van der Waals surface area contributed by atoms with Gasteiger partial charge in [0.1, 0.15) is 24.8 Å². The second-order valence-corrected chi connectivity index (χ2v) is 5.93. The van der Waals surface area contributed by atoms with E-state index >= 15 is 0 Å². The summed E-state index contributed by atoms with van der Waals surface area (Å²) in [7, 11) is 0. The fraction of sp³-hybridized carbons (Fsp3) is 0.182. The van der Waals surface area contributed by atoms with Gasteiger partial charge in [0.05, 0.1) is 0 Å². The molecule has 0 amide bonds. The van der Waals surface area contributed by atoms with Crippen LogP contribution in [0.1, 0.15) is 22.3 Å². The highest BCUT2D eigenvalue weighted by Gasteiger charge is 2.15. The van der Waals surface area contributed by atoms with Gasteiger partial charge in [-0.1, -0.05) is 60.7 Å². The molecule has 1 heterocycles. The van der Waals surface area contributed by atoms with Crippen LogP contribution in [0, 0.1) is 11.3 Å². The Kier molecular flexibility index (Phi) is 6.40. The number of nitrogens with zero attached hydrogens (tertiary/aromatic N) is 2. The molecule has 3 aromatic rings. The predicted molar refractivity (Wildman–Crippen MR) is 101 cm³/mol. The molecule has 27 heavy (non-hydrogen) atoms. The monoisotopic (exact) mass is 360 g/mol. The Labute approximate surface area is 158 Å². The molecular weight excluding hydrogens is 340 g/mol. The maximum absolute atomic E-state index is 9.53. The van der Waals surface area contributed by atoms with Crippen molar-refractivity contribution in [3.8, 4) is 17.8 Å². The van der Waals surface area contributed by atoms with Crippen LogP contribution in [0.2, 0.25) is 0 Å². The van der Waals surface area contributed by atoms with Crippen LogP contribution in [0.15, 0.2) is 66.7 Å². The summed E-state index contributed by atoms with van der Waals surface area (Å²) >= 11 is 0. The molecule has 2 aromatic carbocycles. The molecule has 0 saturated heterocycles. The Hall–Kier alpha value is -3.36. The lowest BCUT2D eigenvalue weighted by atomic mass is 10.1. The molecule has 0 aliphatic heterocycles. The highest BCUT2D eigenvalue weighted by Crippen LogP contribution is 2.26. The van der Waals surface area contributed by atoms with E-state index in [4.69, 9.17) is 9.47 Å². The summed E-state index contributed by atoms with van der Waals surface area (Å²) in [6.45, 7) is 0.578. The number of rotatable bonds is 8. The van der Waals surface area contributed by atoms with E-state index in [9.17, 15) is 10.4 Å². The molecule has 0 aliphatic rings. The number of hydrogen-bond acceptors (Lipinski definition) is 5. The van der Waals surface area contributed by atoms with Crippen molar-refractivity contribution in [2.24, 2.45) is 0 Å². The lowest BCUT2D eigenvalue weighted by Crippen LogP contribution is -2.06. The van der Waals surface area contributed by atoms with Crippen LogP contribution in [0.3, 0.4) is 0 Å². The molecule has 1 aromatic heterocycles. The molecule has 0 atom stereocenters. The Morgan fingerprint density at radius 1 is 0.889 bits per heavy atom. The molecule has 1 N–H and O–H groups in total. The van der Waals surface area contributed by atoms with E-state index in [1.807, 2.05) is 60.7 Å². The van der Waals surface area contributed by atoms with Gasteiger partial charge in [-0.25, -0.2) is 0 Å². The fourth-order valence-corrected chi connectivity index (χ4v) is 2.62. The maximum Gasteiger partial charge on any atom is 0.235 e. The van der Waals surface area contributed by atoms with Crippen LogP contribution in [0.5, 0.6) is 11.8 Å². The number of pyridine rings is 1. The van der Waals surface area contributed by atoms with Crippen LogP contribution in [0.4, 0.5) is 0 Å². The van der Waals surface area contributed by atoms with Gasteiger partial charge in [-0.2, -0.15) is 10.2 Å². The second kappa shape index (κ2) is 9.37. The van der Waals surface area contributed by atoms with Gasteiger partial charge in [0, 0.05) is 12.7 Å². The van der Waals surface area contributed by atoms with Gasteiger partial charge in [0.25, 0.3) is 0 Å².